The van der Waals surface area contributed by atoms with Crippen molar-refractivity contribution in [1.82, 2.24) is 4.57 Å². The Kier molecular flexibility index (Phi) is 5.11. The molecular formula is C19H22N4S. The number of aromatic nitrogens is 1. The molecule has 0 N–H and O–H groups in total. The molecule has 3 aromatic rings. The predicted molar refractivity (Wildman–Crippen MR) is 104 cm³/mol. The van der Waals surface area contributed by atoms with E-state index >= 15 is 0 Å². The van der Waals surface area contributed by atoms with Crippen molar-refractivity contribution >= 4 is 33.5 Å². The van der Waals surface area contributed by atoms with Gasteiger partial charge in [0.2, 0.25) is 4.80 Å². The fourth-order valence-corrected chi connectivity index (χ4v) is 3.66. The lowest BCUT2D eigenvalue weighted by atomic mass is 10.2. The first kappa shape index (κ1) is 16.5. The first-order chi connectivity index (χ1) is 11.7. The summed E-state index contributed by atoms with van der Waals surface area (Å²) in [6.45, 7) is 6.37. The molecule has 0 aliphatic heterocycles. The number of para-hydroxylation sites is 1. The lowest BCUT2D eigenvalue weighted by Crippen LogP contribution is -2.21. The topological polar surface area (TPSA) is 32.9 Å². The molecule has 24 heavy (non-hydrogen) atoms. The van der Waals surface area contributed by atoms with Gasteiger partial charge in [0.05, 0.1) is 16.4 Å². The average molecular weight is 338 g/mol. The van der Waals surface area contributed by atoms with E-state index in [2.05, 4.69) is 69.9 Å². The average Bonchev–Trinajstić information content (AvgIpc) is 2.94. The number of nitrogens with zero attached hydrogens (tertiary/aromatic N) is 4. The van der Waals surface area contributed by atoms with E-state index in [9.17, 15) is 0 Å². The second kappa shape index (κ2) is 7.45. The highest BCUT2D eigenvalue weighted by Gasteiger charge is 2.01. The summed E-state index contributed by atoms with van der Waals surface area (Å²) in [6, 6.07) is 16.7. The van der Waals surface area contributed by atoms with E-state index < -0.39 is 0 Å². The van der Waals surface area contributed by atoms with E-state index in [-0.39, 0.29) is 0 Å². The van der Waals surface area contributed by atoms with Crippen molar-refractivity contribution in [2.75, 3.05) is 18.0 Å². The molecule has 2 aromatic carbocycles. The molecule has 1 aromatic heterocycles. The summed E-state index contributed by atoms with van der Waals surface area (Å²) in [5, 5.41) is 8.63. The molecule has 4 nitrogen and oxygen atoms in total. The highest BCUT2D eigenvalue weighted by Crippen LogP contribution is 2.15. The van der Waals surface area contributed by atoms with Crippen LogP contribution in [0.2, 0.25) is 0 Å². The molecule has 0 aliphatic rings. The van der Waals surface area contributed by atoms with Crippen LogP contribution in [-0.4, -0.2) is 23.9 Å². The predicted octanol–water partition coefficient (Wildman–Crippen LogP) is 4.02. The Hall–Kier alpha value is -2.40. The molecule has 0 amide bonds. The molecule has 124 valence electrons. The van der Waals surface area contributed by atoms with Gasteiger partial charge in [0.1, 0.15) is 0 Å². The number of anilines is 1. The first-order valence-corrected chi connectivity index (χ1v) is 9.01. The number of fused-ring (bicyclic) bond motifs is 1. The van der Waals surface area contributed by atoms with Gasteiger partial charge in [0.25, 0.3) is 0 Å². The van der Waals surface area contributed by atoms with Gasteiger partial charge in [-0.1, -0.05) is 35.6 Å². The van der Waals surface area contributed by atoms with Gasteiger partial charge in [-0.3, -0.25) is 0 Å². The van der Waals surface area contributed by atoms with Crippen molar-refractivity contribution < 1.29 is 0 Å². The molecule has 0 saturated carbocycles. The van der Waals surface area contributed by atoms with Crippen molar-refractivity contribution in [2.45, 2.75) is 13.8 Å². The lowest BCUT2D eigenvalue weighted by Gasteiger charge is -2.20. The van der Waals surface area contributed by atoms with Crippen LogP contribution in [0.25, 0.3) is 10.2 Å². The van der Waals surface area contributed by atoms with Crippen molar-refractivity contribution in [3.05, 3.63) is 58.9 Å². The van der Waals surface area contributed by atoms with Crippen molar-refractivity contribution in [3.63, 3.8) is 0 Å². The van der Waals surface area contributed by atoms with Gasteiger partial charge in [0.15, 0.2) is 0 Å². The number of hydrogen-bond acceptors (Lipinski definition) is 4. The molecule has 0 atom stereocenters. The van der Waals surface area contributed by atoms with Gasteiger partial charge < -0.3 is 9.47 Å². The first-order valence-electron chi connectivity index (χ1n) is 8.19. The second-order valence-corrected chi connectivity index (χ2v) is 6.53. The monoisotopic (exact) mass is 338 g/mol. The lowest BCUT2D eigenvalue weighted by molar-refractivity contribution is 0.866. The van der Waals surface area contributed by atoms with Gasteiger partial charge in [0, 0.05) is 25.8 Å². The Bertz CT molecular complexity index is 899. The zero-order valence-corrected chi connectivity index (χ0v) is 15.1. The number of thiazole rings is 1. The maximum Gasteiger partial charge on any atom is 0.211 e. The summed E-state index contributed by atoms with van der Waals surface area (Å²) >= 11 is 1.65. The quantitative estimate of drug-likeness (QED) is 0.511. The van der Waals surface area contributed by atoms with Crippen LogP contribution in [0.4, 0.5) is 5.69 Å². The highest BCUT2D eigenvalue weighted by molar-refractivity contribution is 7.16. The fraction of sp³-hybridized carbons (Fsp3) is 0.263. The molecule has 0 unspecified atom stereocenters. The van der Waals surface area contributed by atoms with Crippen LogP contribution in [-0.2, 0) is 7.05 Å². The molecular weight excluding hydrogens is 316 g/mol. The summed E-state index contributed by atoms with van der Waals surface area (Å²) in [4.78, 5) is 3.22. The summed E-state index contributed by atoms with van der Waals surface area (Å²) in [5.74, 6) is 0. The van der Waals surface area contributed by atoms with Crippen LogP contribution >= 0.6 is 11.3 Å². The largest absolute Gasteiger partial charge is 0.372 e. The van der Waals surface area contributed by atoms with Gasteiger partial charge in [-0.15, -0.1) is 5.10 Å². The third-order valence-electron chi connectivity index (χ3n) is 4.09. The molecule has 1 heterocycles. The summed E-state index contributed by atoms with van der Waals surface area (Å²) < 4.78 is 3.29. The minimum Gasteiger partial charge on any atom is -0.372 e. The molecule has 0 radical (unpaired) electrons. The minimum atomic E-state index is 0.896. The Balaban J connectivity index is 1.81. The van der Waals surface area contributed by atoms with Crippen LogP contribution in [0.3, 0.4) is 0 Å². The molecule has 0 spiro atoms. The van der Waals surface area contributed by atoms with Crippen LogP contribution < -0.4 is 9.70 Å². The van der Waals surface area contributed by atoms with E-state index in [1.165, 1.54) is 15.9 Å². The van der Waals surface area contributed by atoms with E-state index in [1.807, 2.05) is 19.2 Å². The molecule has 3 rings (SSSR count). The summed E-state index contributed by atoms with van der Waals surface area (Å²) in [7, 11) is 2.02. The SMILES string of the molecule is CCN(CC)c1ccc(/C=N/N=c2\sc3ccccc3n2C)cc1. The standard InChI is InChI=1S/C19H22N4S/c1-4-23(5-2)16-12-10-15(11-13-16)14-20-21-19-22(3)17-8-6-7-9-18(17)24-19/h6-14H,4-5H2,1-3H3/b20-14+,21-19-. The molecule has 0 aliphatic carbocycles. The van der Waals surface area contributed by atoms with E-state index in [4.69, 9.17) is 0 Å². The Morgan fingerprint density at radius 3 is 2.42 bits per heavy atom. The number of hydrogen-bond donors (Lipinski definition) is 0. The Labute approximate surface area is 146 Å². The third kappa shape index (κ3) is 3.41. The van der Waals surface area contributed by atoms with Gasteiger partial charge in [-0.25, -0.2) is 0 Å². The van der Waals surface area contributed by atoms with Gasteiger partial charge in [-0.05, 0) is 43.7 Å². The van der Waals surface area contributed by atoms with E-state index in [0.717, 1.165) is 23.5 Å². The summed E-state index contributed by atoms with van der Waals surface area (Å²) in [6.07, 6.45) is 1.80. The third-order valence-corrected chi connectivity index (χ3v) is 5.19. The maximum atomic E-state index is 4.37. The Morgan fingerprint density at radius 1 is 1.04 bits per heavy atom. The zero-order chi connectivity index (χ0) is 16.9. The van der Waals surface area contributed by atoms with Gasteiger partial charge in [-0.2, -0.15) is 5.10 Å². The van der Waals surface area contributed by atoms with Crippen LogP contribution in [0, 0.1) is 0 Å². The van der Waals surface area contributed by atoms with Crippen LogP contribution in [0.1, 0.15) is 19.4 Å². The zero-order valence-electron chi connectivity index (χ0n) is 14.3. The van der Waals surface area contributed by atoms with E-state index in [1.54, 1.807) is 17.6 Å². The molecule has 0 fully saturated rings. The van der Waals surface area contributed by atoms with Crippen LogP contribution in [0.5, 0.6) is 0 Å². The molecule has 0 bridgehead atoms. The normalized spacial score (nSPS) is 12.4. The van der Waals surface area contributed by atoms with Gasteiger partial charge >= 0.3 is 0 Å². The number of rotatable bonds is 5. The van der Waals surface area contributed by atoms with E-state index in [0.29, 0.717) is 0 Å². The number of aryl methyl sites for hydroxylation is 1. The van der Waals surface area contributed by atoms with Crippen molar-refractivity contribution in [3.8, 4) is 0 Å². The highest BCUT2D eigenvalue weighted by atomic mass is 32.1. The van der Waals surface area contributed by atoms with Crippen molar-refractivity contribution in [2.24, 2.45) is 17.3 Å². The Morgan fingerprint density at radius 2 is 1.75 bits per heavy atom. The maximum absolute atomic E-state index is 4.37. The smallest absolute Gasteiger partial charge is 0.211 e. The van der Waals surface area contributed by atoms with Crippen LogP contribution in [0.15, 0.2) is 58.7 Å². The fourth-order valence-electron chi connectivity index (χ4n) is 2.68. The van der Waals surface area contributed by atoms with Crippen molar-refractivity contribution in [1.29, 1.82) is 0 Å². The number of benzene rings is 2. The molecule has 5 heteroatoms. The summed E-state index contributed by atoms with van der Waals surface area (Å²) in [5.41, 5.74) is 3.48. The second-order valence-electron chi connectivity index (χ2n) is 5.52. The molecule has 0 saturated heterocycles. The minimum absolute atomic E-state index is 0.896.